The number of aromatic nitrogens is 2. The predicted molar refractivity (Wildman–Crippen MR) is 79.7 cm³/mol. The molecule has 110 valence electrons. The summed E-state index contributed by atoms with van der Waals surface area (Å²) in [4.78, 5) is 6.82. The van der Waals surface area contributed by atoms with Crippen molar-refractivity contribution in [3.63, 3.8) is 0 Å². The molecule has 1 heterocycles. The van der Waals surface area contributed by atoms with E-state index in [4.69, 9.17) is 4.74 Å². The maximum absolute atomic E-state index is 5.33. The highest BCUT2D eigenvalue weighted by atomic mass is 16.5. The minimum Gasteiger partial charge on any atom is -0.382 e. The zero-order valence-electron chi connectivity index (χ0n) is 12.8. The van der Waals surface area contributed by atoms with Crippen LogP contribution in [-0.2, 0) is 11.3 Å². The van der Waals surface area contributed by atoms with Gasteiger partial charge in [-0.1, -0.05) is 6.92 Å². The van der Waals surface area contributed by atoms with Gasteiger partial charge in [-0.3, -0.25) is 0 Å². The summed E-state index contributed by atoms with van der Waals surface area (Å²) in [5.41, 5.74) is 1.06. The second-order valence-electron chi connectivity index (χ2n) is 4.77. The number of nitrogens with one attached hydrogen (secondary N) is 1. The normalized spacial score (nSPS) is 11.2. The third-order valence-electron chi connectivity index (χ3n) is 3.11. The SMILES string of the molecule is CCOCCCNc1nc(C)cn1CCN(C)CC. The summed E-state index contributed by atoms with van der Waals surface area (Å²) in [6.07, 6.45) is 3.11. The Bertz CT molecular complexity index is 351. The smallest absolute Gasteiger partial charge is 0.203 e. The second kappa shape index (κ2) is 8.93. The van der Waals surface area contributed by atoms with Crippen LogP contribution in [0.4, 0.5) is 5.95 Å². The first-order valence-corrected chi connectivity index (χ1v) is 7.21. The maximum atomic E-state index is 5.33. The monoisotopic (exact) mass is 268 g/mol. The molecule has 5 heteroatoms. The van der Waals surface area contributed by atoms with E-state index in [2.05, 4.69) is 39.9 Å². The van der Waals surface area contributed by atoms with Gasteiger partial charge in [-0.15, -0.1) is 0 Å². The molecule has 0 unspecified atom stereocenters. The Balaban J connectivity index is 2.39. The molecular weight excluding hydrogens is 240 g/mol. The van der Waals surface area contributed by atoms with Crippen molar-refractivity contribution in [2.24, 2.45) is 0 Å². The number of hydrogen-bond acceptors (Lipinski definition) is 4. The van der Waals surface area contributed by atoms with Gasteiger partial charge < -0.3 is 19.5 Å². The van der Waals surface area contributed by atoms with Crippen LogP contribution in [0.5, 0.6) is 0 Å². The molecule has 0 aliphatic carbocycles. The van der Waals surface area contributed by atoms with Gasteiger partial charge in [0.05, 0.1) is 5.69 Å². The van der Waals surface area contributed by atoms with Crippen LogP contribution in [0.3, 0.4) is 0 Å². The number of aryl methyl sites for hydroxylation is 1. The Morgan fingerprint density at radius 3 is 2.89 bits per heavy atom. The van der Waals surface area contributed by atoms with Gasteiger partial charge in [0.1, 0.15) is 0 Å². The van der Waals surface area contributed by atoms with Crippen molar-refractivity contribution in [1.82, 2.24) is 14.5 Å². The van der Waals surface area contributed by atoms with Crippen LogP contribution < -0.4 is 5.32 Å². The molecule has 0 bridgehead atoms. The van der Waals surface area contributed by atoms with Crippen LogP contribution in [-0.4, -0.2) is 54.3 Å². The average molecular weight is 268 g/mol. The number of anilines is 1. The minimum absolute atomic E-state index is 0.789. The molecule has 1 rings (SSSR count). The lowest BCUT2D eigenvalue weighted by atomic mass is 10.4. The van der Waals surface area contributed by atoms with Crippen molar-refractivity contribution in [3.05, 3.63) is 11.9 Å². The number of nitrogens with zero attached hydrogens (tertiary/aromatic N) is 3. The Hall–Kier alpha value is -1.07. The van der Waals surface area contributed by atoms with Crippen LogP contribution in [0, 0.1) is 6.92 Å². The molecule has 19 heavy (non-hydrogen) atoms. The predicted octanol–water partition coefficient (Wildman–Crippen LogP) is 1.98. The topological polar surface area (TPSA) is 42.3 Å². The number of rotatable bonds is 10. The fraction of sp³-hybridized carbons (Fsp3) is 0.786. The Kier molecular flexibility index (Phi) is 7.52. The first-order valence-electron chi connectivity index (χ1n) is 7.21. The van der Waals surface area contributed by atoms with Crippen LogP contribution >= 0.6 is 0 Å². The largest absolute Gasteiger partial charge is 0.382 e. The van der Waals surface area contributed by atoms with Gasteiger partial charge in [-0.2, -0.15) is 0 Å². The van der Waals surface area contributed by atoms with Crippen molar-refractivity contribution in [2.45, 2.75) is 33.7 Å². The highest BCUT2D eigenvalue weighted by molar-refractivity contribution is 5.28. The van der Waals surface area contributed by atoms with Crippen molar-refractivity contribution in [1.29, 1.82) is 0 Å². The van der Waals surface area contributed by atoms with Crippen molar-refractivity contribution in [3.8, 4) is 0 Å². The van der Waals surface area contributed by atoms with Gasteiger partial charge in [-0.05, 0) is 33.9 Å². The number of likely N-dealkylation sites (N-methyl/N-ethyl adjacent to an activating group) is 1. The van der Waals surface area contributed by atoms with E-state index >= 15 is 0 Å². The molecule has 0 radical (unpaired) electrons. The van der Waals surface area contributed by atoms with Crippen LogP contribution in [0.1, 0.15) is 26.0 Å². The summed E-state index contributed by atoms with van der Waals surface area (Å²) in [6.45, 7) is 11.8. The molecule has 0 aromatic carbocycles. The molecule has 0 saturated heterocycles. The summed E-state index contributed by atoms with van der Waals surface area (Å²) in [5, 5.41) is 3.39. The second-order valence-corrected chi connectivity index (χ2v) is 4.77. The van der Waals surface area contributed by atoms with Gasteiger partial charge in [0, 0.05) is 39.0 Å². The van der Waals surface area contributed by atoms with E-state index in [0.29, 0.717) is 0 Å². The Morgan fingerprint density at radius 1 is 1.42 bits per heavy atom. The summed E-state index contributed by atoms with van der Waals surface area (Å²) in [5.74, 6) is 0.971. The van der Waals surface area contributed by atoms with E-state index in [-0.39, 0.29) is 0 Å². The van der Waals surface area contributed by atoms with Crippen LogP contribution in [0.15, 0.2) is 6.20 Å². The summed E-state index contributed by atoms with van der Waals surface area (Å²) >= 11 is 0. The van der Waals surface area contributed by atoms with E-state index in [0.717, 1.165) is 57.5 Å². The number of hydrogen-bond donors (Lipinski definition) is 1. The molecule has 1 aromatic heterocycles. The van der Waals surface area contributed by atoms with Crippen LogP contribution in [0.2, 0.25) is 0 Å². The highest BCUT2D eigenvalue weighted by Gasteiger charge is 2.05. The van der Waals surface area contributed by atoms with Gasteiger partial charge in [0.2, 0.25) is 5.95 Å². The molecule has 0 aliphatic heterocycles. The van der Waals surface area contributed by atoms with E-state index in [1.54, 1.807) is 0 Å². The quantitative estimate of drug-likeness (QED) is 0.659. The molecule has 0 atom stereocenters. The third kappa shape index (κ3) is 6.07. The number of ether oxygens (including phenoxy) is 1. The maximum Gasteiger partial charge on any atom is 0.203 e. The molecule has 0 amide bonds. The van der Waals surface area contributed by atoms with Gasteiger partial charge in [0.15, 0.2) is 0 Å². The number of imidazole rings is 1. The van der Waals surface area contributed by atoms with E-state index in [9.17, 15) is 0 Å². The summed E-state index contributed by atoms with van der Waals surface area (Å²) in [6, 6.07) is 0. The van der Waals surface area contributed by atoms with Crippen molar-refractivity contribution < 1.29 is 4.74 Å². The highest BCUT2D eigenvalue weighted by Crippen LogP contribution is 2.08. The lowest BCUT2D eigenvalue weighted by Gasteiger charge is -2.15. The van der Waals surface area contributed by atoms with Crippen molar-refractivity contribution >= 4 is 5.95 Å². The average Bonchev–Trinajstić information content (AvgIpc) is 2.76. The lowest BCUT2D eigenvalue weighted by Crippen LogP contribution is -2.23. The first-order chi connectivity index (χ1) is 9.17. The Labute approximate surface area is 117 Å². The van der Waals surface area contributed by atoms with E-state index < -0.39 is 0 Å². The summed E-state index contributed by atoms with van der Waals surface area (Å²) < 4.78 is 7.52. The van der Waals surface area contributed by atoms with Crippen LogP contribution in [0.25, 0.3) is 0 Å². The lowest BCUT2D eigenvalue weighted by molar-refractivity contribution is 0.147. The van der Waals surface area contributed by atoms with E-state index in [1.165, 1.54) is 0 Å². The molecular formula is C14H28N4O. The fourth-order valence-corrected chi connectivity index (χ4v) is 1.81. The zero-order chi connectivity index (χ0) is 14.1. The molecule has 5 nitrogen and oxygen atoms in total. The first kappa shape index (κ1) is 16.0. The van der Waals surface area contributed by atoms with Gasteiger partial charge >= 0.3 is 0 Å². The Morgan fingerprint density at radius 2 is 2.21 bits per heavy atom. The zero-order valence-corrected chi connectivity index (χ0v) is 12.8. The molecule has 0 fully saturated rings. The fourth-order valence-electron chi connectivity index (χ4n) is 1.81. The van der Waals surface area contributed by atoms with Crippen molar-refractivity contribution in [2.75, 3.05) is 45.2 Å². The molecule has 1 N–H and O–H groups in total. The molecule has 0 spiro atoms. The van der Waals surface area contributed by atoms with Gasteiger partial charge in [0.25, 0.3) is 0 Å². The standard InChI is InChI=1S/C14H28N4O/c1-5-17(4)9-10-18-12-13(3)16-14(18)15-8-7-11-19-6-2/h12H,5-11H2,1-4H3,(H,15,16). The minimum atomic E-state index is 0.789. The molecule has 0 aliphatic rings. The molecule has 1 aromatic rings. The summed E-state index contributed by atoms with van der Waals surface area (Å²) in [7, 11) is 2.14. The third-order valence-corrected chi connectivity index (χ3v) is 3.11. The van der Waals surface area contributed by atoms with E-state index in [1.807, 2.05) is 13.8 Å². The van der Waals surface area contributed by atoms with Gasteiger partial charge in [-0.25, -0.2) is 4.98 Å². The molecule has 0 saturated carbocycles.